The number of nitrogens with two attached hydrogens (primary N) is 1. The van der Waals surface area contributed by atoms with Gasteiger partial charge in [0, 0.05) is 26.0 Å². The maximum absolute atomic E-state index is 12.1. The first kappa shape index (κ1) is 21.9. The zero-order valence-corrected chi connectivity index (χ0v) is 16.8. The van der Waals surface area contributed by atoms with Crippen LogP contribution in [-0.4, -0.2) is 51.7 Å². The number of halogens is 1. The van der Waals surface area contributed by atoms with Gasteiger partial charge in [0.05, 0.1) is 11.3 Å². The van der Waals surface area contributed by atoms with E-state index in [1.54, 1.807) is 0 Å². The van der Waals surface area contributed by atoms with E-state index in [9.17, 15) is 8.42 Å². The van der Waals surface area contributed by atoms with Crippen LogP contribution in [0.5, 0.6) is 0 Å². The van der Waals surface area contributed by atoms with Gasteiger partial charge in [-0.15, -0.1) is 24.0 Å². The fourth-order valence-electron chi connectivity index (χ4n) is 2.44. The predicted octanol–water partition coefficient (Wildman–Crippen LogP) is 1.68. The molecule has 0 aromatic rings. The Kier molecular flexibility index (Phi) is 10.6. The predicted molar refractivity (Wildman–Crippen MR) is 102 cm³/mol. The lowest BCUT2D eigenvalue weighted by Crippen LogP contribution is -2.47. The zero-order chi connectivity index (χ0) is 15.8. The van der Waals surface area contributed by atoms with E-state index >= 15 is 0 Å². The molecule has 0 saturated carbocycles. The maximum Gasteiger partial charge on any atom is 0.188 e. The average Bonchev–Trinajstić information content (AvgIpc) is 2.45. The van der Waals surface area contributed by atoms with Crippen LogP contribution in [0.25, 0.3) is 0 Å². The summed E-state index contributed by atoms with van der Waals surface area (Å²) in [6.07, 6.45) is 6.88. The number of nitrogens with one attached hydrogen (secondary N) is 1. The van der Waals surface area contributed by atoms with Crippen LogP contribution < -0.4 is 11.1 Å². The van der Waals surface area contributed by atoms with Crippen molar-refractivity contribution in [3.05, 3.63) is 0 Å². The summed E-state index contributed by atoms with van der Waals surface area (Å²) in [4.78, 5) is 4.25. The third-order valence-electron chi connectivity index (χ3n) is 4.06. The molecule has 1 heterocycles. The Morgan fingerprint density at radius 1 is 1.27 bits per heavy atom. The van der Waals surface area contributed by atoms with Crippen LogP contribution in [0.3, 0.4) is 0 Å². The summed E-state index contributed by atoms with van der Waals surface area (Å²) in [6.45, 7) is 4.09. The first-order valence-corrected chi connectivity index (χ1v) is 9.61. The Hall–Kier alpha value is -0.0900. The van der Waals surface area contributed by atoms with Crippen LogP contribution in [0, 0.1) is 0 Å². The van der Waals surface area contributed by atoms with Crippen molar-refractivity contribution >= 4 is 39.8 Å². The lowest BCUT2D eigenvalue weighted by Gasteiger charge is -2.34. The molecule has 1 saturated heterocycles. The highest BCUT2D eigenvalue weighted by molar-refractivity contribution is 14.0. The van der Waals surface area contributed by atoms with Crippen LogP contribution in [0.15, 0.2) is 4.99 Å². The summed E-state index contributed by atoms with van der Waals surface area (Å²) in [6, 6.07) is 0. The number of ether oxygens (including phenoxy) is 1. The molecule has 0 aromatic heterocycles. The summed E-state index contributed by atoms with van der Waals surface area (Å²) in [5.41, 5.74) is 5.82. The fraction of sp³-hybridized carbons (Fsp3) is 0.929. The molecule has 1 aliphatic heterocycles. The number of nitrogens with zero attached hydrogens (tertiary/aromatic N) is 1. The van der Waals surface area contributed by atoms with Crippen LogP contribution >= 0.6 is 24.0 Å². The van der Waals surface area contributed by atoms with Gasteiger partial charge in [0.25, 0.3) is 0 Å². The second kappa shape index (κ2) is 10.6. The van der Waals surface area contributed by atoms with Crippen LogP contribution in [-0.2, 0) is 14.6 Å². The lowest BCUT2D eigenvalue weighted by molar-refractivity contribution is 0.0768. The standard InChI is InChI=1S/C14H29N3O3S.HI/c1-3-4-5-6-9-16-13(15)17-12-14(21(2,18)19)7-10-20-11-8-14;/h3-12H2,1-2H3,(H3,15,16,17);1H. The van der Waals surface area contributed by atoms with E-state index in [2.05, 4.69) is 17.2 Å². The van der Waals surface area contributed by atoms with Gasteiger partial charge < -0.3 is 15.8 Å². The number of guanidine groups is 1. The highest BCUT2D eigenvalue weighted by atomic mass is 127. The van der Waals surface area contributed by atoms with Gasteiger partial charge in [-0.1, -0.05) is 26.2 Å². The van der Waals surface area contributed by atoms with Gasteiger partial charge in [-0.05, 0) is 19.3 Å². The van der Waals surface area contributed by atoms with E-state index in [0.29, 0.717) is 32.0 Å². The van der Waals surface area contributed by atoms with Gasteiger partial charge in [-0.3, -0.25) is 4.99 Å². The number of unbranched alkanes of at least 4 members (excludes halogenated alkanes) is 3. The van der Waals surface area contributed by atoms with E-state index in [0.717, 1.165) is 13.0 Å². The maximum atomic E-state index is 12.1. The van der Waals surface area contributed by atoms with Crippen molar-refractivity contribution in [1.29, 1.82) is 0 Å². The van der Waals surface area contributed by atoms with E-state index in [1.807, 2.05) is 0 Å². The molecule has 0 radical (unpaired) electrons. The number of sulfone groups is 1. The van der Waals surface area contributed by atoms with Gasteiger partial charge in [0.1, 0.15) is 0 Å². The highest BCUT2D eigenvalue weighted by Crippen LogP contribution is 2.29. The van der Waals surface area contributed by atoms with Gasteiger partial charge in [0.15, 0.2) is 15.8 Å². The Labute approximate surface area is 151 Å². The van der Waals surface area contributed by atoms with Crippen LogP contribution in [0.1, 0.15) is 45.4 Å². The Balaban J connectivity index is 0.00000441. The molecule has 6 nitrogen and oxygen atoms in total. The van der Waals surface area contributed by atoms with E-state index in [-0.39, 0.29) is 30.5 Å². The lowest BCUT2D eigenvalue weighted by atomic mass is 9.99. The summed E-state index contributed by atoms with van der Waals surface area (Å²) in [5, 5.41) is 3.05. The van der Waals surface area contributed by atoms with Crippen molar-refractivity contribution in [2.75, 3.05) is 32.6 Å². The minimum absolute atomic E-state index is 0. The largest absolute Gasteiger partial charge is 0.381 e. The van der Waals surface area contributed by atoms with Gasteiger partial charge in [-0.2, -0.15) is 0 Å². The third kappa shape index (κ3) is 6.99. The Bertz CT molecular complexity index is 435. The SMILES string of the molecule is CCCCCCNC(N)=NCC1(S(C)(=O)=O)CCOCC1.I. The molecule has 22 heavy (non-hydrogen) atoms. The first-order chi connectivity index (χ1) is 9.91. The minimum Gasteiger partial charge on any atom is -0.381 e. The van der Waals surface area contributed by atoms with Crippen molar-refractivity contribution in [1.82, 2.24) is 5.32 Å². The molecule has 0 bridgehead atoms. The monoisotopic (exact) mass is 447 g/mol. The van der Waals surface area contributed by atoms with E-state index in [1.165, 1.54) is 25.5 Å². The molecule has 0 atom stereocenters. The number of hydrogen-bond acceptors (Lipinski definition) is 4. The molecule has 0 amide bonds. The number of aliphatic imine (C=N–C) groups is 1. The van der Waals surface area contributed by atoms with Crippen molar-refractivity contribution < 1.29 is 13.2 Å². The molecular weight excluding hydrogens is 417 g/mol. The zero-order valence-electron chi connectivity index (χ0n) is 13.6. The quantitative estimate of drug-likeness (QED) is 0.256. The van der Waals surface area contributed by atoms with Crippen LogP contribution in [0.4, 0.5) is 0 Å². The van der Waals surface area contributed by atoms with E-state index in [4.69, 9.17) is 10.5 Å². The number of hydrogen-bond donors (Lipinski definition) is 2. The molecule has 0 unspecified atom stereocenters. The smallest absolute Gasteiger partial charge is 0.188 e. The minimum atomic E-state index is -3.19. The molecule has 1 fully saturated rings. The van der Waals surface area contributed by atoms with Crippen LogP contribution in [0.2, 0.25) is 0 Å². The average molecular weight is 447 g/mol. The molecule has 8 heteroatoms. The molecule has 0 aliphatic carbocycles. The fourth-order valence-corrected chi connectivity index (χ4v) is 3.65. The normalized spacial score (nSPS) is 18.5. The van der Waals surface area contributed by atoms with Crippen molar-refractivity contribution in [2.45, 2.75) is 50.2 Å². The second-order valence-electron chi connectivity index (χ2n) is 5.76. The van der Waals surface area contributed by atoms with Gasteiger partial charge in [0.2, 0.25) is 0 Å². The summed E-state index contributed by atoms with van der Waals surface area (Å²) >= 11 is 0. The topological polar surface area (TPSA) is 93.8 Å². The van der Waals surface area contributed by atoms with Gasteiger partial charge in [-0.25, -0.2) is 8.42 Å². The van der Waals surface area contributed by atoms with Crippen molar-refractivity contribution in [3.8, 4) is 0 Å². The van der Waals surface area contributed by atoms with Crippen molar-refractivity contribution in [3.63, 3.8) is 0 Å². The summed E-state index contributed by atoms with van der Waals surface area (Å²) < 4.78 is 28.6. The summed E-state index contributed by atoms with van der Waals surface area (Å²) in [5.74, 6) is 0.334. The third-order valence-corrected chi connectivity index (χ3v) is 6.18. The summed E-state index contributed by atoms with van der Waals surface area (Å²) in [7, 11) is -3.19. The molecule has 0 aromatic carbocycles. The Morgan fingerprint density at radius 3 is 2.45 bits per heavy atom. The molecule has 132 valence electrons. The second-order valence-corrected chi connectivity index (χ2v) is 8.17. The van der Waals surface area contributed by atoms with Gasteiger partial charge >= 0.3 is 0 Å². The first-order valence-electron chi connectivity index (χ1n) is 7.72. The molecule has 3 N–H and O–H groups in total. The Morgan fingerprint density at radius 2 is 1.91 bits per heavy atom. The highest BCUT2D eigenvalue weighted by Gasteiger charge is 2.42. The number of rotatable bonds is 8. The molecular formula is C14H30IN3O3S. The van der Waals surface area contributed by atoms with Crippen molar-refractivity contribution in [2.24, 2.45) is 10.7 Å². The van der Waals surface area contributed by atoms with E-state index < -0.39 is 14.6 Å². The molecule has 1 aliphatic rings. The molecule has 1 rings (SSSR count). The molecule has 0 spiro atoms.